The number of ketones is 1. The van der Waals surface area contributed by atoms with Crippen LogP contribution in [-0.4, -0.2) is 17.7 Å². The van der Waals surface area contributed by atoms with E-state index in [1.165, 1.54) is 25.7 Å². The van der Waals surface area contributed by atoms with E-state index in [1.54, 1.807) is 0 Å². The second kappa shape index (κ2) is 7.29. The number of hydrogen-bond donors (Lipinski definition) is 1. The summed E-state index contributed by atoms with van der Waals surface area (Å²) in [7, 11) is 0. The second-order valence-electron chi connectivity index (χ2n) is 7.34. The molecule has 0 radical (unpaired) electrons. The zero-order valence-electron chi connectivity index (χ0n) is 14.0. The molecule has 2 fully saturated rings. The number of Topliss-reactive ketones (excluding diaryl/α,β-unsaturated/α-hetero) is 1. The van der Waals surface area contributed by atoms with Gasteiger partial charge in [-0.2, -0.15) is 0 Å². The highest BCUT2D eigenvalue weighted by molar-refractivity contribution is 5.96. The van der Waals surface area contributed by atoms with Gasteiger partial charge in [-0.3, -0.25) is 9.59 Å². The van der Waals surface area contributed by atoms with Crippen molar-refractivity contribution in [2.24, 2.45) is 17.8 Å². The molecule has 2 bridgehead atoms. The van der Waals surface area contributed by atoms with E-state index in [-0.39, 0.29) is 17.7 Å². The zero-order valence-corrected chi connectivity index (χ0v) is 14.0. The van der Waals surface area contributed by atoms with Crippen LogP contribution < -0.4 is 5.32 Å². The molecule has 1 aromatic carbocycles. The van der Waals surface area contributed by atoms with Crippen molar-refractivity contribution < 1.29 is 9.59 Å². The molecule has 0 aliphatic heterocycles. The van der Waals surface area contributed by atoms with Crippen LogP contribution in [0.25, 0.3) is 0 Å². The van der Waals surface area contributed by atoms with Gasteiger partial charge in [-0.25, -0.2) is 0 Å². The Morgan fingerprint density at radius 3 is 2.57 bits per heavy atom. The van der Waals surface area contributed by atoms with Crippen molar-refractivity contribution in [3.8, 4) is 0 Å². The highest BCUT2D eigenvalue weighted by Gasteiger charge is 2.42. The molecule has 4 atom stereocenters. The molecule has 3 rings (SSSR count). The fourth-order valence-electron chi connectivity index (χ4n) is 4.52. The molecule has 0 spiro atoms. The molecule has 1 aromatic rings. The smallest absolute Gasteiger partial charge is 0.220 e. The predicted octanol–water partition coefficient (Wildman–Crippen LogP) is 3.98. The van der Waals surface area contributed by atoms with Crippen molar-refractivity contribution in [2.75, 3.05) is 0 Å². The molecule has 2 aliphatic carbocycles. The molecule has 2 aliphatic rings. The van der Waals surface area contributed by atoms with Crippen LogP contribution in [0, 0.1) is 17.8 Å². The number of benzene rings is 1. The zero-order chi connectivity index (χ0) is 16.2. The summed E-state index contributed by atoms with van der Waals surface area (Å²) in [5, 5.41) is 3.17. The van der Waals surface area contributed by atoms with E-state index >= 15 is 0 Å². The number of nitrogens with one attached hydrogen (secondary N) is 1. The highest BCUT2D eigenvalue weighted by Crippen LogP contribution is 2.49. The third-order valence-electron chi connectivity index (χ3n) is 5.73. The minimum Gasteiger partial charge on any atom is -0.353 e. The molecular weight excluding hydrogens is 286 g/mol. The molecule has 3 heteroatoms. The third kappa shape index (κ3) is 4.01. The van der Waals surface area contributed by atoms with Gasteiger partial charge in [-0.1, -0.05) is 36.8 Å². The first-order chi connectivity index (χ1) is 11.1. The highest BCUT2D eigenvalue weighted by atomic mass is 16.1. The van der Waals surface area contributed by atoms with Crippen molar-refractivity contribution in [2.45, 2.75) is 57.9 Å². The summed E-state index contributed by atoms with van der Waals surface area (Å²) in [6, 6.07) is 9.59. The maximum absolute atomic E-state index is 12.1. The van der Waals surface area contributed by atoms with Gasteiger partial charge >= 0.3 is 0 Å². The van der Waals surface area contributed by atoms with Gasteiger partial charge in [-0.05, 0) is 50.4 Å². The van der Waals surface area contributed by atoms with E-state index in [1.807, 2.05) is 30.3 Å². The maximum Gasteiger partial charge on any atom is 0.220 e. The largest absolute Gasteiger partial charge is 0.353 e. The van der Waals surface area contributed by atoms with Crippen LogP contribution in [0.3, 0.4) is 0 Å². The quantitative estimate of drug-likeness (QED) is 0.774. The van der Waals surface area contributed by atoms with Gasteiger partial charge in [0.2, 0.25) is 5.91 Å². The second-order valence-corrected chi connectivity index (χ2v) is 7.34. The summed E-state index contributed by atoms with van der Waals surface area (Å²) >= 11 is 0. The number of hydrogen-bond acceptors (Lipinski definition) is 2. The van der Waals surface area contributed by atoms with E-state index in [0.29, 0.717) is 25.2 Å². The number of carbonyl (C=O) groups excluding carboxylic acids is 2. The van der Waals surface area contributed by atoms with Crippen molar-refractivity contribution in [3.05, 3.63) is 35.9 Å². The molecule has 23 heavy (non-hydrogen) atoms. The van der Waals surface area contributed by atoms with Crippen LogP contribution >= 0.6 is 0 Å². The molecule has 0 saturated heterocycles. The van der Waals surface area contributed by atoms with E-state index in [2.05, 4.69) is 12.2 Å². The predicted molar refractivity (Wildman–Crippen MR) is 91.2 cm³/mol. The van der Waals surface area contributed by atoms with E-state index < -0.39 is 0 Å². The van der Waals surface area contributed by atoms with Crippen molar-refractivity contribution in [1.82, 2.24) is 5.32 Å². The van der Waals surface area contributed by atoms with Crippen LogP contribution in [-0.2, 0) is 4.79 Å². The summed E-state index contributed by atoms with van der Waals surface area (Å²) in [5.41, 5.74) is 0.739. The lowest BCUT2D eigenvalue weighted by Gasteiger charge is -2.28. The monoisotopic (exact) mass is 313 g/mol. The molecule has 0 aromatic heterocycles. The fourth-order valence-corrected chi connectivity index (χ4v) is 4.52. The minimum atomic E-state index is 0.0983. The average molecular weight is 313 g/mol. The summed E-state index contributed by atoms with van der Waals surface area (Å²) in [6.45, 7) is 2.15. The molecular formula is C20H27NO2. The third-order valence-corrected chi connectivity index (χ3v) is 5.73. The molecule has 1 N–H and O–H groups in total. The van der Waals surface area contributed by atoms with Gasteiger partial charge in [0, 0.05) is 24.4 Å². The molecule has 4 unspecified atom stereocenters. The molecule has 3 nitrogen and oxygen atoms in total. The maximum atomic E-state index is 12.1. The van der Waals surface area contributed by atoms with Crippen molar-refractivity contribution in [1.29, 1.82) is 0 Å². The topological polar surface area (TPSA) is 46.2 Å². The summed E-state index contributed by atoms with van der Waals surface area (Å²) in [5.74, 6) is 2.63. The number of fused-ring (bicyclic) bond motifs is 2. The van der Waals surface area contributed by atoms with Crippen LogP contribution in [0.4, 0.5) is 0 Å². The van der Waals surface area contributed by atoms with Gasteiger partial charge in [0.25, 0.3) is 0 Å². The van der Waals surface area contributed by atoms with Crippen LogP contribution in [0.15, 0.2) is 30.3 Å². The Morgan fingerprint density at radius 1 is 1.13 bits per heavy atom. The summed E-state index contributed by atoms with van der Waals surface area (Å²) in [4.78, 5) is 24.1. The van der Waals surface area contributed by atoms with Crippen LogP contribution in [0.5, 0.6) is 0 Å². The molecule has 1 amide bonds. The Balaban J connectivity index is 1.37. The van der Waals surface area contributed by atoms with Gasteiger partial charge in [0.1, 0.15) is 0 Å². The van der Waals surface area contributed by atoms with Crippen molar-refractivity contribution in [3.63, 3.8) is 0 Å². The Hall–Kier alpha value is -1.64. The first-order valence-corrected chi connectivity index (χ1v) is 9.01. The minimum absolute atomic E-state index is 0.0983. The van der Waals surface area contributed by atoms with Crippen LogP contribution in [0.1, 0.15) is 62.2 Å². The lowest BCUT2D eigenvalue weighted by atomic mass is 9.84. The van der Waals surface area contributed by atoms with E-state index in [4.69, 9.17) is 0 Å². The lowest BCUT2D eigenvalue weighted by molar-refractivity contribution is -0.122. The van der Waals surface area contributed by atoms with E-state index in [9.17, 15) is 9.59 Å². The van der Waals surface area contributed by atoms with E-state index in [0.717, 1.165) is 17.4 Å². The standard InChI is InChI=1S/C20H27NO2/c1-14(18-13-15-10-11-17(18)12-15)21-20(23)9-5-8-19(22)16-6-3-2-4-7-16/h2-4,6-7,14-15,17-18H,5,8-13H2,1H3,(H,21,23). The normalized spacial score (nSPS) is 26.9. The Bertz CT molecular complexity index is 554. The summed E-state index contributed by atoms with van der Waals surface area (Å²) in [6.07, 6.45) is 6.92. The molecule has 0 heterocycles. The SMILES string of the molecule is CC(NC(=O)CCCC(=O)c1ccccc1)C1CC2CCC1C2. The van der Waals surface area contributed by atoms with Gasteiger partial charge in [0.05, 0.1) is 0 Å². The molecule has 2 saturated carbocycles. The van der Waals surface area contributed by atoms with Gasteiger partial charge in [0.15, 0.2) is 5.78 Å². The first-order valence-electron chi connectivity index (χ1n) is 9.01. The number of carbonyl (C=O) groups is 2. The van der Waals surface area contributed by atoms with Crippen LogP contribution in [0.2, 0.25) is 0 Å². The Labute approximate surface area is 138 Å². The Morgan fingerprint density at radius 2 is 1.91 bits per heavy atom. The average Bonchev–Trinajstić information content (AvgIpc) is 3.18. The lowest BCUT2D eigenvalue weighted by Crippen LogP contribution is -2.40. The number of amides is 1. The fraction of sp³-hybridized carbons (Fsp3) is 0.600. The molecule has 124 valence electrons. The van der Waals surface area contributed by atoms with Crippen molar-refractivity contribution >= 4 is 11.7 Å². The first kappa shape index (κ1) is 16.2. The van der Waals surface area contributed by atoms with Gasteiger partial charge < -0.3 is 5.32 Å². The summed E-state index contributed by atoms with van der Waals surface area (Å²) < 4.78 is 0. The van der Waals surface area contributed by atoms with Gasteiger partial charge in [-0.15, -0.1) is 0 Å². The number of rotatable bonds is 7. The Kier molecular flexibility index (Phi) is 5.14.